The molecule has 0 saturated carbocycles. The Morgan fingerprint density at radius 3 is 2.24 bits per heavy atom. The summed E-state index contributed by atoms with van der Waals surface area (Å²) < 4.78 is 33.1. The molecule has 1 saturated heterocycles. The lowest BCUT2D eigenvalue weighted by Crippen LogP contribution is -2.61. The Balaban J connectivity index is 2.12. The van der Waals surface area contributed by atoms with Crippen LogP contribution in [-0.4, -0.2) is 79.3 Å². The molecule has 1 fully saturated rings. The summed E-state index contributed by atoms with van der Waals surface area (Å²) in [4.78, 5) is 23.2. The van der Waals surface area contributed by atoms with Crippen molar-refractivity contribution < 1.29 is 48.2 Å². The molecule has 0 spiro atoms. The highest BCUT2D eigenvalue weighted by molar-refractivity contribution is 5.67. The molecule has 1 aliphatic heterocycles. The third-order valence-corrected chi connectivity index (χ3v) is 4.80. The predicted molar refractivity (Wildman–Crippen MR) is 120 cm³/mol. The van der Waals surface area contributed by atoms with Gasteiger partial charge >= 0.3 is 11.9 Å². The maximum atomic E-state index is 11.6. The molecule has 10 heteroatoms. The molecule has 0 amide bonds. The van der Waals surface area contributed by atoms with E-state index in [1.807, 2.05) is 6.07 Å². The largest absolute Gasteiger partial charge is 0.486 e. The van der Waals surface area contributed by atoms with Crippen molar-refractivity contribution in [2.45, 2.75) is 51.0 Å². The summed E-state index contributed by atoms with van der Waals surface area (Å²) in [5, 5.41) is 20.0. The monoisotopic (exact) mass is 480 g/mol. The van der Waals surface area contributed by atoms with Gasteiger partial charge in [-0.05, 0) is 24.1 Å². The smallest absolute Gasteiger partial charge is 0.303 e. The molecule has 0 unspecified atom stereocenters. The van der Waals surface area contributed by atoms with Gasteiger partial charge in [0.1, 0.15) is 25.4 Å². The first-order valence-electron chi connectivity index (χ1n) is 10.8. The standard InChI is InChI=1S/C24H32O10/c1-5-10-29-18-8-7-17(13-19(18)30-11-6-2)9-12-31-24-23(33-16(4)27)22(32-15(3)26)21(28)20(14-25)34-24/h5-8,13,20-25,28H,1-2,9-12,14H2,3-4H3/t20-,21-,22+,23-,24-/m1/s1. The highest BCUT2D eigenvalue weighted by Gasteiger charge is 2.49. The van der Waals surface area contributed by atoms with Crippen LogP contribution in [0.1, 0.15) is 19.4 Å². The molecule has 0 aliphatic carbocycles. The van der Waals surface area contributed by atoms with Gasteiger partial charge in [0.15, 0.2) is 30.0 Å². The fraction of sp³-hybridized carbons (Fsp3) is 0.500. The summed E-state index contributed by atoms with van der Waals surface area (Å²) >= 11 is 0. The van der Waals surface area contributed by atoms with Crippen LogP contribution in [0.15, 0.2) is 43.5 Å². The maximum absolute atomic E-state index is 11.6. The normalized spacial score (nSPS) is 24.1. The lowest BCUT2D eigenvalue weighted by atomic mass is 9.98. The maximum Gasteiger partial charge on any atom is 0.303 e. The van der Waals surface area contributed by atoms with Crippen molar-refractivity contribution in [3.05, 3.63) is 49.1 Å². The van der Waals surface area contributed by atoms with E-state index >= 15 is 0 Å². The van der Waals surface area contributed by atoms with Gasteiger partial charge in [-0.1, -0.05) is 31.4 Å². The minimum Gasteiger partial charge on any atom is -0.486 e. The second-order valence-electron chi connectivity index (χ2n) is 7.47. The van der Waals surface area contributed by atoms with Crippen LogP contribution in [0.4, 0.5) is 0 Å². The van der Waals surface area contributed by atoms with E-state index in [0.717, 1.165) is 12.5 Å². The third kappa shape index (κ3) is 7.84. The number of hydrogen-bond acceptors (Lipinski definition) is 10. The minimum absolute atomic E-state index is 0.122. The van der Waals surface area contributed by atoms with E-state index in [4.69, 9.17) is 28.4 Å². The lowest BCUT2D eigenvalue weighted by molar-refractivity contribution is -0.305. The van der Waals surface area contributed by atoms with Crippen molar-refractivity contribution in [2.75, 3.05) is 26.4 Å². The molecule has 0 radical (unpaired) electrons. The Hall–Kier alpha value is -2.92. The second-order valence-corrected chi connectivity index (χ2v) is 7.47. The summed E-state index contributed by atoms with van der Waals surface area (Å²) in [7, 11) is 0. The molecule has 5 atom stereocenters. The number of aliphatic hydroxyl groups excluding tert-OH is 2. The Labute approximate surface area is 198 Å². The topological polar surface area (TPSA) is 130 Å². The van der Waals surface area contributed by atoms with Gasteiger partial charge in [-0.25, -0.2) is 0 Å². The van der Waals surface area contributed by atoms with Crippen LogP contribution >= 0.6 is 0 Å². The zero-order valence-corrected chi connectivity index (χ0v) is 19.4. The summed E-state index contributed by atoms with van der Waals surface area (Å²) in [6, 6.07) is 5.42. The number of hydrogen-bond donors (Lipinski definition) is 2. The molecular formula is C24H32O10. The quantitative estimate of drug-likeness (QED) is 0.315. The first kappa shape index (κ1) is 27.3. The summed E-state index contributed by atoms with van der Waals surface area (Å²) in [6.45, 7) is 9.80. The highest BCUT2D eigenvalue weighted by Crippen LogP contribution is 2.30. The molecule has 1 aromatic carbocycles. The number of rotatable bonds is 13. The van der Waals surface area contributed by atoms with Crippen molar-refractivity contribution >= 4 is 11.9 Å². The summed E-state index contributed by atoms with van der Waals surface area (Å²) in [5.74, 6) is -0.275. The van der Waals surface area contributed by atoms with Crippen LogP contribution < -0.4 is 9.47 Å². The van der Waals surface area contributed by atoms with Crippen LogP contribution in [0.5, 0.6) is 11.5 Å². The fourth-order valence-corrected chi connectivity index (χ4v) is 3.35. The fourth-order valence-electron chi connectivity index (χ4n) is 3.35. The molecule has 10 nitrogen and oxygen atoms in total. The Kier molecular flexibility index (Phi) is 11.0. The Bertz CT molecular complexity index is 839. The molecule has 1 aromatic rings. The molecule has 0 bridgehead atoms. The molecule has 34 heavy (non-hydrogen) atoms. The van der Waals surface area contributed by atoms with Crippen molar-refractivity contribution in [2.24, 2.45) is 0 Å². The third-order valence-electron chi connectivity index (χ3n) is 4.80. The average Bonchev–Trinajstić information content (AvgIpc) is 2.80. The lowest BCUT2D eigenvalue weighted by Gasteiger charge is -2.42. The zero-order valence-electron chi connectivity index (χ0n) is 19.4. The average molecular weight is 481 g/mol. The van der Waals surface area contributed by atoms with Crippen molar-refractivity contribution in [3.63, 3.8) is 0 Å². The van der Waals surface area contributed by atoms with Crippen molar-refractivity contribution in [3.8, 4) is 11.5 Å². The van der Waals surface area contributed by atoms with Gasteiger partial charge in [0.05, 0.1) is 13.2 Å². The number of carbonyl (C=O) groups is 2. The van der Waals surface area contributed by atoms with Gasteiger partial charge < -0.3 is 38.6 Å². The predicted octanol–water partition coefficient (Wildman–Crippen LogP) is 1.32. The van der Waals surface area contributed by atoms with Gasteiger partial charge in [0.25, 0.3) is 0 Å². The van der Waals surface area contributed by atoms with Gasteiger partial charge in [-0.15, -0.1) is 0 Å². The first-order valence-corrected chi connectivity index (χ1v) is 10.8. The first-order chi connectivity index (χ1) is 16.3. The number of aliphatic hydroxyl groups is 2. The van der Waals surface area contributed by atoms with E-state index in [-0.39, 0.29) is 6.61 Å². The van der Waals surface area contributed by atoms with Crippen molar-refractivity contribution in [1.82, 2.24) is 0 Å². The second kappa shape index (κ2) is 13.7. The Morgan fingerprint density at radius 1 is 1.03 bits per heavy atom. The van der Waals surface area contributed by atoms with Crippen LogP contribution in [0.3, 0.4) is 0 Å². The molecule has 1 heterocycles. The van der Waals surface area contributed by atoms with Crippen LogP contribution in [0.2, 0.25) is 0 Å². The molecule has 0 aromatic heterocycles. The zero-order chi connectivity index (χ0) is 25.1. The van der Waals surface area contributed by atoms with Gasteiger partial charge in [0.2, 0.25) is 0 Å². The van der Waals surface area contributed by atoms with E-state index < -0.39 is 49.3 Å². The van der Waals surface area contributed by atoms with Gasteiger partial charge in [-0.2, -0.15) is 0 Å². The number of benzene rings is 1. The van der Waals surface area contributed by atoms with E-state index in [2.05, 4.69) is 13.2 Å². The molecule has 2 rings (SSSR count). The van der Waals surface area contributed by atoms with Gasteiger partial charge in [0, 0.05) is 13.8 Å². The number of esters is 2. The summed E-state index contributed by atoms with van der Waals surface area (Å²) in [5.41, 5.74) is 0.861. The van der Waals surface area contributed by atoms with E-state index in [1.165, 1.54) is 6.92 Å². The minimum atomic E-state index is -1.41. The molecule has 2 N–H and O–H groups in total. The van der Waals surface area contributed by atoms with Crippen molar-refractivity contribution in [1.29, 1.82) is 0 Å². The molecule has 1 aliphatic rings. The SMILES string of the molecule is C=CCOc1ccc(CCO[C@@H]2O[C@H](CO)[C@@H](O)[C@H](OC(C)=O)[C@H]2OC(C)=O)cc1OCC=C. The van der Waals surface area contributed by atoms with Gasteiger partial charge in [-0.3, -0.25) is 9.59 Å². The molecule has 188 valence electrons. The number of carbonyl (C=O) groups excluding carboxylic acids is 2. The van der Waals surface area contributed by atoms with E-state index in [0.29, 0.717) is 31.1 Å². The molecular weight excluding hydrogens is 448 g/mol. The van der Waals surface area contributed by atoms with Crippen LogP contribution in [0.25, 0.3) is 0 Å². The van der Waals surface area contributed by atoms with Crippen LogP contribution in [0, 0.1) is 0 Å². The Morgan fingerprint density at radius 2 is 1.65 bits per heavy atom. The highest BCUT2D eigenvalue weighted by atomic mass is 16.7. The van der Waals surface area contributed by atoms with E-state index in [1.54, 1.807) is 24.3 Å². The van der Waals surface area contributed by atoms with Crippen LogP contribution in [-0.2, 0) is 35.0 Å². The number of ether oxygens (including phenoxy) is 6. The summed E-state index contributed by atoms with van der Waals surface area (Å²) in [6.07, 6.45) is -2.51. The van der Waals surface area contributed by atoms with E-state index in [9.17, 15) is 19.8 Å².